The Balaban J connectivity index is 1.65. The normalized spacial score (nSPS) is 14.0. The summed E-state index contributed by atoms with van der Waals surface area (Å²) in [5.41, 5.74) is 6.48. The van der Waals surface area contributed by atoms with Crippen molar-refractivity contribution in [3.63, 3.8) is 0 Å². The predicted octanol–water partition coefficient (Wildman–Crippen LogP) is 3.97. The van der Waals surface area contributed by atoms with Crippen molar-refractivity contribution in [2.75, 3.05) is 25.1 Å². The van der Waals surface area contributed by atoms with Crippen LogP contribution in [0.1, 0.15) is 34.3 Å². The molecule has 0 spiro atoms. The van der Waals surface area contributed by atoms with Gasteiger partial charge in [0.05, 0.1) is 16.9 Å². The molecule has 1 fully saturated rings. The van der Waals surface area contributed by atoms with Crippen LogP contribution in [0.3, 0.4) is 0 Å². The maximum Gasteiger partial charge on any atom is 0.271 e. The Morgan fingerprint density at radius 2 is 2.00 bits per heavy atom. The van der Waals surface area contributed by atoms with E-state index in [-0.39, 0.29) is 5.91 Å². The van der Waals surface area contributed by atoms with E-state index in [0.29, 0.717) is 11.3 Å². The molecule has 0 atom stereocenters. The van der Waals surface area contributed by atoms with Crippen LogP contribution in [-0.2, 0) is 0 Å². The highest BCUT2D eigenvalue weighted by molar-refractivity contribution is 14.1. The van der Waals surface area contributed by atoms with Crippen molar-refractivity contribution in [1.82, 2.24) is 5.43 Å². The molecule has 1 aliphatic rings. The van der Waals surface area contributed by atoms with E-state index in [0.717, 1.165) is 27.8 Å². The van der Waals surface area contributed by atoms with Crippen LogP contribution in [0.4, 0.5) is 5.69 Å². The van der Waals surface area contributed by atoms with Gasteiger partial charge in [-0.05, 0) is 83.8 Å². The quantitative estimate of drug-likeness (QED) is 0.415. The third-order valence-electron chi connectivity index (χ3n) is 4.51. The number of hydrazone groups is 1. The van der Waals surface area contributed by atoms with E-state index < -0.39 is 0 Å². The van der Waals surface area contributed by atoms with Crippen LogP contribution >= 0.6 is 22.6 Å². The zero-order valence-corrected chi connectivity index (χ0v) is 17.1. The molecule has 6 heteroatoms. The minimum Gasteiger partial charge on any atom is -0.496 e. The van der Waals surface area contributed by atoms with Crippen LogP contribution in [0.15, 0.2) is 41.5 Å². The lowest BCUT2D eigenvalue weighted by molar-refractivity contribution is 0.0954. The summed E-state index contributed by atoms with van der Waals surface area (Å²) in [6.07, 6.45) is 4.21. The number of methoxy groups -OCH3 is 1. The van der Waals surface area contributed by atoms with E-state index in [1.165, 1.54) is 18.5 Å². The van der Waals surface area contributed by atoms with Crippen LogP contribution in [0.5, 0.6) is 5.75 Å². The van der Waals surface area contributed by atoms with Gasteiger partial charge >= 0.3 is 0 Å². The fourth-order valence-corrected chi connectivity index (χ4v) is 3.56. The van der Waals surface area contributed by atoms with Gasteiger partial charge in [-0.15, -0.1) is 0 Å². The van der Waals surface area contributed by atoms with E-state index in [1.807, 2.05) is 12.1 Å². The van der Waals surface area contributed by atoms with Crippen molar-refractivity contribution < 1.29 is 9.53 Å². The molecule has 0 aliphatic carbocycles. The Kier molecular flexibility index (Phi) is 6.13. The summed E-state index contributed by atoms with van der Waals surface area (Å²) in [7, 11) is 1.59. The van der Waals surface area contributed by atoms with Crippen LogP contribution in [0, 0.1) is 10.5 Å². The lowest BCUT2D eigenvalue weighted by Gasteiger charge is -2.18. The van der Waals surface area contributed by atoms with Crippen molar-refractivity contribution in [2.24, 2.45) is 5.10 Å². The maximum atomic E-state index is 12.2. The first-order valence-corrected chi connectivity index (χ1v) is 9.69. The Hall–Kier alpha value is -2.09. The topological polar surface area (TPSA) is 53.9 Å². The number of carbonyl (C=O) groups is 1. The summed E-state index contributed by atoms with van der Waals surface area (Å²) in [4.78, 5) is 14.6. The molecular weight excluding hydrogens is 441 g/mol. The van der Waals surface area contributed by atoms with Gasteiger partial charge in [0, 0.05) is 24.3 Å². The molecule has 3 rings (SSSR count). The number of halogens is 1. The van der Waals surface area contributed by atoms with Gasteiger partial charge in [-0.2, -0.15) is 5.10 Å². The molecule has 26 heavy (non-hydrogen) atoms. The van der Waals surface area contributed by atoms with Crippen molar-refractivity contribution in [2.45, 2.75) is 19.8 Å². The van der Waals surface area contributed by atoms with E-state index in [4.69, 9.17) is 4.74 Å². The summed E-state index contributed by atoms with van der Waals surface area (Å²) < 4.78 is 6.21. The third kappa shape index (κ3) is 4.35. The molecule has 0 aromatic heterocycles. The number of ether oxygens (including phenoxy) is 1. The molecule has 0 unspecified atom stereocenters. The number of amides is 1. The molecule has 1 heterocycles. The second-order valence-electron chi connectivity index (χ2n) is 6.28. The van der Waals surface area contributed by atoms with Gasteiger partial charge in [-0.3, -0.25) is 4.79 Å². The number of benzene rings is 2. The molecule has 5 nitrogen and oxygen atoms in total. The first-order valence-electron chi connectivity index (χ1n) is 8.61. The van der Waals surface area contributed by atoms with Crippen LogP contribution in [0.2, 0.25) is 0 Å². The highest BCUT2D eigenvalue weighted by atomic mass is 127. The summed E-state index contributed by atoms with van der Waals surface area (Å²) in [5, 5.41) is 4.10. The number of hydrogen-bond acceptors (Lipinski definition) is 4. The number of aryl methyl sites for hydroxylation is 1. The Labute approximate surface area is 167 Å². The lowest BCUT2D eigenvalue weighted by Crippen LogP contribution is -2.18. The van der Waals surface area contributed by atoms with Crippen LogP contribution in [-0.4, -0.2) is 32.3 Å². The number of nitrogens with one attached hydrogen (secondary N) is 1. The van der Waals surface area contributed by atoms with E-state index >= 15 is 0 Å². The zero-order chi connectivity index (χ0) is 18.5. The molecule has 1 aliphatic heterocycles. The fraction of sp³-hybridized carbons (Fsp3) is 0.300. The Morgan fingerprint density at radius 3 is 2.69 bits per heavy atom. The smallest absolute Gasteiger partial charge is 0.271 e. The molecule has 1 N–H and O–H groups in total. The number of anilines is 1. The number of nitrogens with zero attached hydrogens (tertiary/aromatic N) is 2. The largest absolute Gasteiger partial charge is 0.496 e. The van der Waals surface area contributed by atoms with Crippen molar-refractivity contribution >= 4 is 40.4 Å². The molecule has 136 valence electrons. The highest BCUT2D eigenvalue weighted by Crippen LogP contribution is 2.23. The summed E-state index contributed by atoms with van der Waals surface area (Å²) in [5.74, 6) is 0.415. The average Bonchev–Trinajstić information content (AvgIpc) is 3.18. The van der Waals surface area contributed by atoms with E-state index in [2.05, 4.69) is 57.1 Å². The molecule has 2 aromatic rings. The number of hydrogen-bond donors (Lipinski definition) is 1. The van der Waals surface area contributed by atoms with Crippen LogP contribution in [0.25, 0.3) is 0 Å². The standard InChI is InChI=1S/C20H22IN3O2/c1-14-11-17(24-9-3-4-10-24)7-5-16(14)13-22-23-20(25)15-6-8-18(21)19(12-15)26-2/h5-8,11-13H,3-4,9-10H2,1-2H3,(H,23,25)/b22-13+. The summed E-state index contributed by atoms with van der Waals surface area (Å²) in [6.45, 7) is 4.32. The van der Waals surface area contributed by atoms with Crippen molar-refractivity contribution in [3.8, 4) is 5.75 Å². The van der Waals surface area contributed by atoms with Gasteiger partial charge in [0.2, 0.25) is 0 Å². The number of rotatable bonds is 5. The first kappa shape index (κ1) is 18.7. The van der Waals surface area contributed by atoms with Gasteiger partial charge < -0.3 is 9.64 Å². The van der Waals surface area contributed by atoms with Crippen molar-refractivity contribution in [3.05, 3.63) is 56.7 Å². The molecule has 0 bridgehead atoms. The average molecular weight is 463 g/mol. The maximum absolute atomic E-state index is 12.2. The second kappa shape index (κ2) is 8.53. The van der Waals surface area contributed by atoms with Gasteiger partial charge in [-0.1, -0.05) is 6.07 Å². The van der Waals surface area contributed by atoms with E-state index in [9.17, 15) is 4.79 Å². The lowest BCUT2D eigenvalue weighted by atomic mass is 10.1. The fourth-order valence-electron chi connectivity index (χ4n) is 3.00. The second-order valence-corrected chi connectivity index (χ2v) is 7.45. The van der Waals surface area contributed by atoms with Gasteiger partial charge in [0.1, 0.15) is 5.75 Å². The van der Waals surface area contributed by atoms with Gasteiger partial charge in [0.15, 0.2) is 0 Å². The van der Waals surface area contributed by atoms with Crippen molar-refractivity contribution in [1.29, 1.82) is 0 Å². The van der Waals surface area contributed by atoms with Gasteiger partial charge in [-0.25, -0.2) is 5.43 Å². The Bertz CT molecular complexity index is 830. The zero-order valence-electron chi connectivity index (χ0n) is 15.0. The molecule has 1 amide bonds. The monoisotopic (exact) mass is 463 g/mol. The minimum absolute atomic E-state index is 0.262. The Morgan fingerprint density at radius 1 is 1.23 bits per heavy atom. The summed E-state index contributed by atoms with van der Waals surface area (Å²) in [6, 6.07) is 11.7. The predicted molar refractivity (Wildman–Crippen MR) is 113 cm³/mol. The molecule has 2 aromatic carbocycles. The highest BCUT2D eigenvalue weighted by Gasteiger charge is 2.13. The van der Waals surface area contributed by atoms with E-state index in [1.54, 1.807) is 25.5 Å². The van der Waals surface area contributed by atoms with Crippen LogP contribution < -0.4 is 15.1 Å². The molecule has 0 saturated carbocycles. The summed E-state index contributed by atoms with van der Waals surface area (Å²) >= 11 is 2.17. The first-order chi connectivity index (χ1) is 12.6. The SMILES string of the molecule is COc1cc(C(=O)N/N=C/c2ccc(N3CCCC3)cc2C)ccc1I. The third-order valence-corrected chi connectivity index (χ3v) is 5.40. The van der Waals surface area contributed by atoms with Gasteiger partial charge in [0.25, 0.3) is 5.91 Å². The number of carbonyl (C=O) groups excluding carboxylic acids is 1. The minimum atomic E-state index is -0.262. The molecule has 1 saturated heterocycles. The molecule has 0 radical (unpaired) electrons. The molecular formula is C20H22IN3O2.